The van der Waals surface area contributed by atoms with Gasteiger partial charge in [0.05, 0.1) is 4.92 Å². The van der Waals surface area contributed by atoms with Crippen LogP contribution in [0.2, 0.25) is 0 Å². The molecular formula is C18H20BrN3O2. The summed E-state index contributed by atoms with van der Waals surface area (Å²) in [4.78, 5) is 15.6. The monoisotopic (exact) mass is 389 g/mol. The van der Waals surface area contributed by atoms with Crippen LogP contribution in [0.25, 0.3) is 0 Å². The number of halogens is 1. The topological polar surface area (TPSA) is 49.6 Å². The van der Waals surface area contributed by atoms with Gasteiger partial charge < -0.3 is 4.90 Å². The van der Waals surface area contributed by atoms with Crippen LogP contribution in [0.1, 0.15) is 12.0 Å². The second kappa shape index (κ2) is 7.77. The summed E-state index contributed by atoms with van der Waals surface area (Å²) in [7, 11) is 0. The van der Waals surface area contributed by atoms with Gasteiger partial charge in [-0.25, -0.2) is 0 Å². The first kappa shape index (κ1) is 16.9. The molecule has 0 bridgehead atoms. The van der Waals surface area contributed by atoms with E-state index < -0.39 is 0 Å². The first-order valence-corrected chi connectivity index (χ1v) is 8.88. The van der Waals surface area contributed by atoms with E-state index >= 15 is 0 Å². The molecule has 1 fully saturated rings. The second-order valence-corrected chi connectivity index (χ2v) is 6.91. The minimum atomic E-state index is -0.299. The molecule has 0 spiro atoms. The fourth-order valence-corrected chi connectivity index (χ4v) is 3.47. The van der Waals surface area contributed by atoms with E-state index in [1.54, 1.807) is 6.07 Å². The number of nitro benzene ring substituents is 1. The van der Waals surface area contributed by atoms with Crippen LogP contribution in [0.15, 0.2) is 53.0 Å². The van der Waals surface area contributed by atoms with Gasteiger partial charge >= 0.3 is 0 Å². The Bertz CT molecular complexity index is 709. The highest BCUT2D eigenvalue weighted by atomic mass is 79.9. The number of hydrogen-bond donors (Lipinski definition) is 0. The number of benzene rings is 2. The van der Waals surface area contributed by atoms with Crippen molar-refractivity contribution in [3.05, 3.63) is 68.7 Å². The van der Waals surface area contributed by atoms with Crippen LogP contribution in [0.4, 0.5) is 11.4 Å². The summed E-state index contributed by atoms with van der Waals surface area (Å²) in [6.45, 7) is 4.48. The van der Waals surface area contributed by atoms with Crippen molar-refractivity contribution in [2.45, 2.75) is 13.0 Å². The van der Waals surface area contributed by atoms with Crippen LogP contribution < -0.4 is 4.90 Å². The van der Waals surface area contributed by atoms with Crippen LogP contribution in [-0.4, -0.2) is 36.0 Å². The van der Waals surface area contributed by atoms with Gasteiger partial charge in [0.15, 0.2) is 0 Å². The minimum absolute atomic E-state index is 0.167. The van der Waals surface area contributed by atoms with E-state index in [2.05, 4.69) is 50.0 Å². The molecule has 0 aliphatic carbocycles. The predicted molar refractivity (Wildman–Crippen MR) is 99.3 cm³/mol. The molecule has 2 aromatic carbocycles. The Labute approximate surface area is 150 Å². The lowest BCUT2D eigenvalue weighted by molar-refractivity contribution is -0.384. The van der Waals surface area contributed by atoms with Gasteiger partial charge in [-0.2, -0.15) is 0 Å². The number of anilines is 1. The first-order chi connectivity index (χ1) is 11.6. The van der Waals surface area contributed by atoms with E-state index in [-0.39, 0.29) is 10.6 Å². The molecule has 1 aliphatic rings. The average molecular weight is 390 g/mol. The van der Waals surface area contributed by atoms with Gasteiger partial charge in [-0.15, -0.1) is 0 Å². The van der Waals surface area contributed by atoms with Crippen LogP contribution in [0.3, 0.4) is 0 Å². The molecule has 0 saturated carbocycles. The fourth-order valence-electron chi connectivity index (χ4n) is 3.12. The smallest absolute Gasteiger partial charge is 0.293 e. The highest BCUT2D eigenvalue weighted by Gasteiger charge is 2.22. The van der Waals surface area contributed by atoms with Crippen LogP contribution in [0, 0.1) is 10.1 Å². The Morgan fingerprint density at radius 2 is 1.83 bits per heavy atom. The summed E-state index contributed by atoms with van der Waals surface area (Å²) in [5.41, 5.74) is 2.19. The molecule has 0 atom stereocenters. The van der Waals surface area contributed by atoms with Gasteiger partial charge in [0.1, 0.15) is 5.69 Å². The van der Waals surface area contributed by atoms with Crippen molar-refractivity contribution in [2.75, 3.05) is 31.1 Å². The molecule has 0 N–H and O–H groups in total. The summed E-state index contributed by atoms with van der Waals surface area (Å²) in [6.07, 6.45) is 1.00. The van der Waals surface area contributed by atoms with Crippen molar-refractivity contribution >= 4 is 27.3 Å². The summed E-state index contributed by atoms with van der Waals surface area (Å²) < 4.78 is 0.735. The van der Waals surface area contributed by atoms with E-state index in [9.17, 15) is 10.1 Å². The zero-order valence-electron chi connectivity index (χ0n) is 13.4. The van der Waals surface area contributed by atoms with E-state index in [1.807, 2.05) is 18.2 Å². The van der Waals surface area contributed by atoms with Crippen LogP contribution >= 0.6 is 15.9 Å². The van der Waals surface area contributed by atoms with Crippen molar-refractivity contribution in [3.8, 4) is 0 Å². The average Bonchev–Trinajstić information content (AvgIpc) is 2.81. The van der Waals surface area contributed by atoms with Crippen molar-refractivity contribution in [2.24, 2.45) is 0 Å². The molecule has 0 amide bonds. The quantitative estimate of drug-likeness (QED) is 0.584. The molecule has 1 aliphatic heterocycles. The van der Waals surface area contributed by atoms with E-state index in [1.165, 1.54) is 5.56 Å². The molecule has 5 nitrogen and oxygen atoms in total. The summed E-state index contributed by atoms with van der Waals surface area (Å²) in [5.74, 6) is 0. The number of nitro groups is 1. The lowest BCUT2D eigenvalue weighted by Gasteiger charge is -2.23. The lowest BCUT2D eigenvalue weighted by Crippen LogP contribution is -2.30. The zero-order valence-corrected chi connectivity index (χ0v) is 15.0. The number of nitrogens with zero attached hydrogens (tertiary/aromatic N) is 3. The predicted octanol–water partition coefficient (Wildman–Crippen LogP) is 4.07. The third-order valence-corrected chi connectivity index (χ3v) is 4.81. The number of rotatable bonds is 4. The van der Waals surface area contributed by atoms with Gasteiger partial charge in [0.2, 0.25) is 0 Å². The van der Waals surface area contributed by atoms with Gasteiger partial charge in [-0.1, -0.05) is 46.3 Å². The SMILES string of the molecule is O=[N+]([O-])c1cc(Br)ccc1N1CCCN(Cc2ccccc2)CC1. The van der Waals surface area contributed by atoms with Gasteiger partial charge in [-0.3, -0.25) is 15.0 Å². The molecule has 1 saturated heterocycles. The van der Waals surface area contributed by atoms with Crippen molar-refractivity contribution < 1.29 is 4.92 Å². The highest BCUT2D eigenvalue weighted by molar-refractivity contribution is 9.10. The molecule has 126 valence electrons. The normalized spacial score (nSPS) is 16.0. The van der Waals surface area contributed by atoms with Crippen LogP contribution in [0.5, 0.6) is 0 Å². The highest BCUT2D eigenvalue weighted by Crippen LogP contribution is 2.31. The molecule has 6 heteroatoms. The maximum atomic E-state index is 11.4. The molecular weight excluding hydrogens is 370 g/mol. The Balaban J connectivity index is 1.71. The Morgan fingerprint density at radius 3 is 2.58 bits per heavy atom. The second-order valence-electron chi connectivity index (χ2n) is 5.99. The summed E-state index contributed by atoms with van der Waals surface area (Å²) >= 11 is 3.32. The first-order valence-electron chi connectivity index (χ1n) is 8.08. The van der Waals surface area contributed by atoms with Gasteiger partial charge in [0.25, 0.3) is 5.69 Å². The molecule has 24 heavy (non-hydrogen) atoms. The Kier molecular flexibility index (Phi) is 5.48. The third kappa shape index (κ3) is 4.13. The number of hydrogen-bond acceptors (Lipinski definition) is 4. The Hall–Kier alpha value is -1.92. The van der Waals surface area contributed by atoms with E-state index in [0.29, 0.717) is 5.69 Å². The van der Waals surface area contributed by atoms with Gasteiger partial charge in [0, 0.05) is 43.3 Å². The standard InChI is InChI=1S/C18H20BrN3O2/c19-16-7-8-17(18(13-16)22(23)24)21-10-4-9-20(11-12-21)14-15-5-2-1-3-6-15/h1-3,5-8,13H,4,9-12,14H2. The lowest BCUT2D eigenvalue weighted by atomic mass is 10.2. The maximum absolute atomic E-state index is 11.4. The van der Waals surface area contributed by atoms with Crippen LogP contribution in [-0.2, 0) is 6.54 Å². The Morgan fingerprint density at radius 1 is 1.04 bits per heavy atom. The molecule has 0 aromatic heterocycles. The largest absolute Gasteiger partial charge is 0.365 e. The molecule has 3 rings (SSSR count). The zero-order chi connectivity index (χ0) is 16.9. The van der Waals surface area contributed by atoms with Crippen molar-refractivity contribution in [1.29, 1.82) is 0 Å². The van der Waals surface area contributed by atoms with E-state index in [0.717, 1.165) is 43.6 Å². The molecule has 0 unspecified atom stereocenters. The third-order valence-electron chi connectivity index (χ3n) is 4.31. The maximum Gasteiger partial charge on any atom is 0.293 e. The summed E-state index contributed by atoms with van der Waals surface area (Å²) in [6, 6.07) is 15.7. The van der Waals surface area contributed by atoms with Crippen molar-refractivity contribution in [3.63, 3.8) is 0 Å². The fraction of sp³-hybridized carbons (Fsp3) is 0.333. The molecule has 2 aromatic rings. The van der Waals surface area contributed by atoms with E-state index in [4.69, 9.17) is 0 Å². The molecule has 1 heterocycles. The van der Waals surface area contributed by atoms with Gasteiger partial charge in [-0.05, 0) is 24.1 Å². The molecule has 0 radical (unpaired) electrons. The summed E-state index contributed by atoms with van der Waals surface area (Å²) in [5, 5.41) is 11.4. The van der Waals surface area contributed by atoms with Crippen molar-refractivity contribution in [1.82, 2.24) is 4.90 Å². The minimum Gasteiger partial charge on any atom is -0.365 e.